The van der Waals surface area contributed by atoms with Gasteiger partial charge in [-0.2, -0.15) is 0 Å². The quantitative estimate of drug-likeness (QED) is 0.903. The molecule has 2 heterocycles. The minimum atomic E-state index is -0.454. The third kappa shape index (κ3) is 4.16. The van der Waals surface area contributed by atoms with E-state index in [2.05, 4.69) is 15.6 Å². The first-order chi connectivity index (χ1) is 11.2. The number of benzene rings is 1. The summed E-state index contributed by atoms with van der Waals surface area (Å²) in [6.07, 6.45) is 3.28. The smallest absolute Gasteiger partial charge is 0.271 e. The van der Waals surface area contributed by atoms with Crippen LogP contribution in [0.1, 0.15) is 40.3 Å². The van der Waals surface area contributed by atoms with Gasteiger partial charge in [0.2, 0.25) is 5.91 Å². The number of carbonyl (C=O) groups is 2. The molecule has 6 heteroatoms. The molecule has 5 nitrogen and oxygen atoms in total. The predicted molar refractivity (Wildman–Crippen MR) is 89.5 cm³/mol. The fourth-order valence-corrected chi connectivity index (χ4v) is 3.38. The van der Waals surface area contributed by atoms with Gasteiger partial charge in [0.1, 0.15) is 11.7 Å². The van der Waals surface area contributed by atoms with Gasteiger partial charge >= 0.3 is 0 Å². The number of thiazole rings is 1. The Labute approximate surface area is 139 Å². The van der Waals surface area contributed by atoms with Gasteiger partial charge in [-0.15, -0.1) is 11.3 Å². The highest BCUT2D eigenvalue weighted by molar-refractivity contribution is 7.09. The Hall–Kier alpha value is -2.21. The van der Waals surface area contributed by atoms with Crippen molar-refractivity contribution in [3.05, 3.63) is 52.0 Å². The second-order valence-corrected chi connectivity index (χ2v) is 6.54. The monoisotopic (exact) mass is 329 g/mol. The molecule has 1 atom stereocenters. The van der Waals surface area contributed by atoms with E-state index in [1.807, 2.05) is 30.3 Å². The largest absolute Gasteiger partial charge is 0.354 e. The summed E-state index contributed by atoms with van der Waals surface area (Å²) in [5.41, 5.74) is 1.55. The molecule has 0 saturated carbocycles. The van der Waals surface area contributed by atoms with Gasteiger partial charge in [-0.1, -0.05) is 30.3 Å². The summed E-state index contributed by atoms with van der Waals surface area (Å²) >= 11 is 1.47. The number of hydrogen-bond donors (Lipinski definition) is 2. The van der Waals surface area contributed by atoms with Gasteiger partial charge in [-0.25, -0.2) is 4.98 Å². The number of carbonyl (C=O) groups excluding carboxylic acids is 2. The van der Waals surface area contributed by atoms with Gasteiger partial charge in [0.25, 0.3) is 5.91 Å². The molecule has 1 aliphatic rings. The zero-order chi connectivity index (χ0) is 16.1. The van der Waals surface area contributed by atoms with Crippen molar-refractivity contribution in [1.82, 2.24) is 15.6 Å². The average Bonchev–Trinajstić information content (AvgIpc) is 2.93. The molecule has 23 heavy (non-hydrogen) atoms. The maximum Gasteiger partial charge on any atom is 0.271 e. The van der Waals surface area contributed by atoms with Gasteiger partial charge in [0.15, 0.2) is 0 Å². The standard InChI is InChI=1S/C17H19N3O2S/c21-16-13(8-4-5-9-18-16)20-17(22)14-11-23-15(19-14)10-12-6-2-1-3-7-12/h1-3,6-7,11,13H,4-5,8-10H2,(H,18,21)(H,20,22)/t13-/m1/s1. The van der Waals surface area contributed by atoms with Crippen molar-refractivity contribution in [1.29, 1.82) is 0 Å². The van der Waals surface area contributed by atoms with Crippen LogP contribution in [0.25, 0.3) is 0 Å². The summed E-state index contributed by atoms with van der Waals surface area (Å²) in [6, 6.07) is 9.57. The number of nitrogens with zero attached hydrogens (tertiary/aromatic N) is 1. The van der Waals surface area contributed by atoms with E-state index in [9.17, 15) is 9.59 Å². The van der Waals surface area contributed by atoms with Crippen LogP contribution in [0.4, 0.5) is 0 Å². The maximum atomic E-state index is 12.3. The third-order valence-electron chi connectivity index (χ3n) is 3.82. The molecule has 1 aliphatic heterocycles. The molecule has 2 amide bonds. The van der Waals surface area contributed by atoms with Crippen LogP contribution >= 0.6 is 11.3 Å². The number of hydrogen-bond acceptors (Lipinski definition) is 4. The molecule has 0 aliphatic carbocycles. The molecule has 1 aromatic heterocycles. The van der Waals surface area contributed by atoms with Crippen LogP contribution in [-0.2, 0) is 11.2 Å². The highest BCUT2D eigenvalue weighted by Gasteiger charge is 2.23. The minimum Gasteiger partial charge on any atom is -0.354 e. The molecule has 0 unspecified atom stereocenters. The molecule has 0 radical (unpaired) electrons. The number of aromatic nitrogens is 1. The Morgan fingerprint density at radius 3 is 2.96 bits per heavy atom. The molecule has 0 spiro atoms. The van der Waals surface area contributed by atoms with E-state index in [0.717, 1.165) is 23.4 Å². The molecule has 1 saturated heterocycles. The first-order valence-electron chi connectivity index (χ1n) is 7.79. The van der Waals surface area contributed by atoms with Crippen LogP contribution in [0, 0.1) is 0 Å². The summed E-state index contributed by atoms with van der Waals surface area (Å²) in [6.45, 7) is 0.684. The fraction of sp³-hybridized carbons (Fsp3) is 0.353. The van der Waals surface area contributed by atoms with E-state index in [1.54, 1.807) is 5.38 Å². The lowest BCUT2D eigenvalue weighted by Gasteiger charge is -2.14. The van der Waals surface area contributed by atoms with Crippen LogP contribution < -0.4 is 10.6 Å². The second kappa shape index (κ2) is 7.37. The highest BCUT2D eigenvalue weighted by Crippen LogP contribution is 2.15. The van der Waals surface area contributed by atoms with Crippen LogP contribution in [0.2, 0.25) is 0 Å². The summed E-state index contributed by atoms with van der Waals surface area (Å²) in [4.78, 5) is 28.6. The van der Waals surface area contributed by atoms with Crippen LogP contribution in [0.5, 0.6) is 0 Å². The molecular weight excluding hydrogens is 310 g/mol. The normalized spacial score (nSPS) is 18.1. The van der Waals surface area contributed by atoms with E-state index in [4.69, 9.17) is 0 Å². The molecular formula is C17H19N3O2S. The Balaban J connectivity index is 1.63. The lowest BCUT2D eigenvalue weighted by Crippen LogP contribution is -2.45. The van der Waals surface area contributed by atoms with Crippen LogP contribution in [-0.4, -0.2) is 29.4 Å². The first-order valence-corrected chi connectivity index (χ1v) is 8.67. The van der Waals surface area contributed by atoms with E-state index in [-0.39, 0.29) is 11.8 Å². The molecule has 2 aromatic rings. The Morgan fingerprint density at radius 2 is 2.13 bits per heavy atom. The summed E-state index contributed by atoms with van der Waals surface area (Å²) < 4.78 is 0. The van der Waals surface area contributed by atoms with Gasteiger partial charge < -0.3 is 10.6 Å². The zero-order valence-corrected chi connectivity index (χ0v) is 13.6. The predicted octanol–water partition coefficient (Wildman–Crippen LogP) is 2.13. The first kappa shape index (κ1) is 15.7. The number of rotatable bonds is 4. The number of nitrogens with one attached hydrogen (secondary N) is 2. The summed E-state index contributed by atoms with van der Waals surface area (Å²) in [5, 5.41) is 8.26. The average molecular weight is 329 g/mol. The van der Waals surface area contributed by atoms with Crippen LogP contribution in [0.3, 0.4) is 0 Å². The summed E-state index contributed by atoms with van der Waals surface area (Å²) in [7, 11) is 0. The molecule has 120 valence electrons. The molecule has 1 aromatic carbocycles. The zero-order valence-electron chi connectivity index (χ0n) is 12.7. The molecule has 3 rings (SSSR count). The van der Waals surface area contributed by atoms with E-state index in [0.29, 0.717) is 25.1 Å². The van der Waals surface area contributed by atoms with Crippen molar-refractivity contribution in [2.24, 2.45) is 0 Å². The Kier molecular flexibility index (Phi) is 5.02. The van der Waals surface area contributed by atoms with Crippen molar-refractivity contribution in [2.75, 3.05) is 6.54 Å². The van der Waals surface area contributed by atoms with Gasteiger partial charge in [-0.05, 0) is 24.8 Å². The molecule has 0 bridgehead atoms. The topological polar surface area (TPSA) is 71.1 Å². The van der Waals surface area contributed by atoms with E-state index in [1.165, 1.54) is 11.3 Å². The third-order valence-corrected chi connectivity index (χ3v) is 4.67. The van der Waals surface area contributed by atoms with Gasteiger partial charge in [0.05, 0.1) is 5.01 Å². The van der Waals surface area contributed by atoms with Crippen molar-refractivity contribution < 1.29 is 9.59 Å². The highest BCUT2D eigenvalue weighted by atomic mass is 32.1. The lowest BCUT2D eigenvalue weighted by atomic mass is 10.1. The fourth-order valence-electron chi connectivity index (χ4n) is 2.58. The SMILES string of the molecule is O=C(N[C@@H]1CCCCNC1=O)c1csc(Cc2ccccc2)n1. The lowest BCUT2D eigenvalue weighted by molar-refractivity contribution is -0.122. The van der Waals surface area contributed by atoms with Crippen molar-refractivity contribution >= 4 is 23.2 Å². The van der Waals surface area contributed by atoms with Gasteiger partial charge in [-0.3, -0.25) is 9.59 Å². The minimum absolute atomic E-state index is 0.101. The van der Waals surface area contributed by atoms with E-state index < -0.39 is 6.04 Å². The molecule has 2 N–H and O–H groups in total. The molecule has 1 fully saturated rings. The Bertz CT molecular complexity index is 684. The van der Waals surface area contributed by atoms with Crippen LogP contribution in [0.15, 0.2) is 35.7 Å². The number of amides is 2. The van der Waals surface area contributed by atoms with Crippen molar-refractivity contribution in [3.63, 3.8) is 0 Å². The van der Waals surface area contributed by atoms with Crippen molar-refractivity contribution in [2.45, 2.75) is 31.7 Å². The summed E-state index contributed by atoms with van der Waals surface area (Å²) in [5.74, 6) is -0.377. The van der Waals surface area contributed by atoms with Crippen molar-refractivity contribution in [3.8, 4) is 0 Å². The second-order valence-electron chi connectivity index (χ2n) is 5.60. The Morgan fingerprint density at radius 1 is 1.30 bits per heavy atom. The maximum absolute atomic E-state index is 12.3. The van der Waals surface area contributed by atoms with Gasteiger partial charge in [0, 0.05) is 18.3 Å². The van der Waals surface area contributed by atoms with E-state index >= 15 is 0 Å².